The van der Waals surface area contributed by atoms with Gasteiger partial charge in [0.15, 0.2) is 0 Å². The lowest BCUT2D eigenvalue weighted by Crippen LogP contribution is -2.23. The highest BCUT2D eigenvalue weighted by Crippen LogP contribution is 2.34. The summed E-state index contributed by atoms with van der Waals surface area (Å²) >= 11 is 5.41. The summed E-state index contributed by atoms with van der Waals surface area (Å²) in [5, 5.41) is 4.70. The van der Waals surface area contributed by atoms with Gasteiger partial charge in [0.1, 0.15) is 10.8 Å². The van der Waals surface area contributed by atoms with Crippen molar-refractivity contribution in [2.24, 2.45) is 0 Å². The molecule has 5 heteroatoms. The molecule has 1 aromatic heterocycles. The molecule has 1 N–H and O–H groups in total. The molecule has 21 heavy (non-hydrogen) atoms. The van der Waals surface area contributed by atoms with Crippen molar-refractivity contribution < 1.29 is 4.74 Å². The van der Waals surface area contributed by atoms with E-state index in [2.05, 4.69) is 48.1 Å². The first-order valence-electron chi connectivity index (χ1n) is 7.07. The Kier molecular flexibility index (Phi) is 5.79. The molecule has 1 atom stereocenters. The Hall–Kier alpha value is -0.910. The van der Waals surface area contributed by atoms with E-state index >= 15 is 0 Å². The van der Waals surface area contributed by atoms with Crippen molar-refractivity contribution >= 4 is 27.3 Å². The number of nitrogens with one attached hydrogen (secondary N) is 1. The molecule has 1 unspecified atom stereocenters. The van der Waals surface area contributed by atoms with Crippen molar-refractivity contribution in [3.63, 3.8) is 0 Å². The summed E-state index contributed by atoms with van der Waals surface area (Å²) in [5.74, 6) is 0.862. The number of benzene rings is 1. The molecule has 1 heterocycles. The lowest BCUT2D eigenvalue weighted by Gasteiger charge is -2.19. The second-order valence-corrected chi connectivity index (χ2v) is 7.06. The van der Waals surface area contributed by atoms with Crippen LogP contribution in [0.5, 0.6) is 5.75 Å². The zero-order chi connectivity index (χ0) is 15.4. The second-order valence-electron chi connectivity index (χ2n) is 4.97. The number of nitrogens with zero attached hydrogens (tertiary/aromatic N) is 1. The standard InChI is InChI=1S/C16H21BrN2OS/c1-5-8-18-15(16-19-10(2)11(3)21-16)13-9-12(20-4)6-7-14(13)17/h6-7,9,15,18H,5,8H2,1-4H3. The normalized spacial score (nSPS) is 12.4. The van der Waals surface area contributed by atoms with Gasteiger partial charge < -0.3 is 10.1 Å². The zero-order valence-corrected chi connectivity index (χ0v) is 15.3. The number of aromatic nitrogens is 1. The van der Waals surface area contributed by atoms with Crippen molar-refractivity contribution in [2.45, 2.75) is 33.2 Å². The molecule has 3 nitrogen and oxygen atoms in total. The minimum atomic E-state index is 0.0897. The molecule has 0 fully saturated rings. The molecule has 114 valence electrons. The fraction of sp³-hybridized carbons (Fsp3) is 0.438. The number of hydrogen-bond acceptors (Lipinski definition) is 4. The van der Waals surface area contributed by atoms with Gasteiger partial charge in [0, 0.05) is 9.35 Å². The Morgan fingerprint density at radius 1 is 1.38 bits per heavy atom. The first-order chi connectivity index (χ1) is 10.1. The summed E-state index contributed by atoms with van der Waals surface area (Å²) in [6, 6.07) is 6.15. The van der Waals surface area contributed by atoms with E-state index in [0.29, 0.717) is 0 Å². The van der Waals surface area contributed by atoms with E-state index < -0.39 is 0 Å². The highest BCUT2D eigenvalue weighted by molar-refractivity contribution is 9.10. The van der Waals surface area contributed by atoms with E-state index in [4.69, 9.17) is 9.72 Å². The fourth-order valence-electron chi connectivity index (χ4n) is 2.11. The maximum atomic E-state index is 5.36. The van der Waals surface area contributed by atoms with E-state index in [1.54, 1.807) is 18.4 Å². The minimum absolute atomic E-state index is 0.0897. The van der Waals surface area contributed by atoms with Gasteiger partial charge in [0.2, 0.25) is 0 Å². The summed E-state index contributed by atoms with van der Waals surface area (Å²) in [7, 11) is 1.69. The van der Waals surface area contributed by atoms with Gasteiger partial charge in [-0.1, -0.05) is 22.9 Å². The molecule has 0 aliphatic heterocycles. The Bertz CT molecular complexity index is 593. The summed E-state index contributed by atoms with van der Waals surface area (Å²) in [6.07, 6.45) is 1.08. The highest BCUT2D eigenvalue weighted by atomic mass is 79.9. The van der Waals surface area contributed by atoms with Gasteiger partial charge in [-0.05, 0) is 50.6 Å². The smallest absolute Gasteiger partial charge is 0.119 e. The first kappa shape index (κ1) is 16.5. The molecule has 1 aromatic carbocycles. The van der Waals surface area contributed by atoms with Crippen LogP contribution in [0.25, 0.3) is 0 Å². The monoisotopic (exact) mass is 368 g/mol. The number of aryl methyl sites for hydroxylation is 2. The Balaban J connectivity index is 2.44. The number of thiazole rings is 1. The van der Waals surface area contributed by atoms with E-state index in [-0.39, 0.29) is 6.04 Å². The minimum Gasteiger partial charge on any atom is -0.497 e. The van der Waals surface area contributed by atoms with Gasteiger partial charge in [-0.25, -0.2) is 4.98 Å². The van der Waals surface area contributed by atoms with Gasteiger partial charge in [0.05, 0.1) is 18.8 Å². The molecule has 2 aromatic rings. The quantitative estimate of drug-likeness (QED) is 0.807. The number of methoxy groups -OCH3 is 1. The van der Waals surface area contributed by atoms with Gasteiger partial charge in [0.25, 0.3) is 0 Å². The summed E-state index contributed by atoms with van der Waals surface area (Å²) < 4.78 is 6.44. The van der Waals surface area contributed by atoms with Crippen LogP contribution in [-0.2, 0) is 0 Å². The average molecular weight is 369 g/mol. The van der Waals surface area contributed by atoms with Crippen molar-refractivity contribution in [2.75, 3.05) is 13.7 Å². The molecule has 0 aliphatic rings. The summed E-state index contributed by atoms with van der Waals surface area (Å²) in [6.45, 7) is 7.30. The number of rotatable bonds is 6. The lowest BCUT2D eigenvalue weighted by molar-refractivity contribution is 0.413. The van der Waals surface area contributed by atoms with Gasteiger partial charge in [-0.3, -0.25) is 0 Å². The molecular formula is C16H21BrN2OS. The summed E-state index contributed by atoms with van der Waals surface area (Å²) in [4.78, 5) is 6.00. The second kappa shape index (κ2) is 7.38. The Morgan fingerprint density at radius 2 is 2.14 bits per heavy atom. The fourth-order valence-corrected chi connectivity index (χ4v) is 3.60. The SMILES string of the molecule is CCCNC(c1nc(C)c(C)s1)c1cc(OC)ccc1Br. The predicted molar refractivity (Wildman–Crippen MR) is 92.4 cm³/mol. The molecule has 2 rings (SSSR count). The van der Waals surface area contributed by atoms with Crippen LogP contribution >= 0.6 is 27.3 Å². The average Bonchev–Trinajstić information content (AvgIpc) is 2.80. The highest BCUT2D eigenvalue weighted by Gasteiger charge is 2.21. The molecule has 0 aliphatic carbocycles. The predicted octanol–water partition coefficient (Wildman–Crippen LogP) is 4.62. The first-order valence-corrected chi connectivity index (χ1v) is 8.68. The van der Waals surface area contributed by atoms with E-state index in [1.165, 1.54) is 4.88 Å². The van der Waals surface area contributed by atoms with Crippen LogP contribution in [0.15, 0.2) is 22.7 Å². The maximum Gasteiger partial charge on any atom is 0.119 e. The topological polar surface area (TPSA) is 34.2 Å². The third-order valence-electron chi connectivity index (χ3n) is 3.40. The molecule has 0 radical (unpaired) electrons. The van der Waals surface area contributed by atoms with E-state index in [0.717, 1.165) is 39.5 Å². The van der Waals surface area contributed by atoms with Crippen LogP contribution < -0.4 is 10.1 Å². The molecule has 0 spiro atoms. The van der Waals surface area contributed by atoms with E-state index in [1.807, 2.05) is 12.1 Å². The van der Waals surface area contributed by atoms with Crippen molar-refractivity contribution in [3.05, 3.63) is 43.8 Å². The van der Waals surface area contributed by atoms with Gasteiger partial charge in [-0.2, -0.15) is 0 Å². The van der Waals surface area contributed by atoms with E-state index in [9.17, 15) is 0 Å². The summed E-state index contributed by atoms with van der Waals surface area (Å²) in [5.41, 5.74) is 2.27. The van der Waals surface area contributed by atoms with Crippen molar-refractivity contribution in [1.82, 2.24) is 10.3 Å². The molecule has 0 bridgehead atoms. The Labute approximate surface area is 138 Å². The van der Waals surface area contributed by atoms with Gasteiger partial charge in [-0.15, -0.1) is 11.3 Å². The molecular weight excluding hydrogens is 348 g/mol. The van der Waals surface area contributed by atoms with Crippen LogP contribution in [0, 0.1) is 13.8 Å². The zero-order valence-electron chi connectivity index (χ0n) is 12.9. The van der Waals surface area contributed by atoms with Crippen LogP contribution in [0.4, 0.5) is 0 Å². The molecule has 0 saturated heterocycles. The van der Waals surface area contributed by atoms with Gasteiger partial charge >= 0.3 is 0 Å². The van der Waals surface area contributed by atoms with Crippen molar-refractivity contribution in [1.29, 1.82) is 0 Å². The maximum absolute atomic E-state index is 5.36. The number of ether oxygens (including phenoxy) is 1. The van der Waals surface area contributed by atoms with Crippen LogP contribution in [-0.4, -0.2) is 18.6 Å². The van der Waals surface area contributed by atoms with Crippen LogP contribution in [0.1, 0.15) is 40.5 Å². The lowest BCUT2D eigenvalue weighted by atomic mass is 10.1. The third-order valence-corrected chi connectivity index (χ3v) is 5.26. The third kappa shape index (κ3) is 3.84. The largest absolute Gasteiger partial charge is 0.497 e. The Morgan fingerprint density at radius 3 is 2.71 bits per heavy atom. The molecule has 0 amide bonds. The van der Waals surface area contributed by atoms with Crippen LogP contribution in [0.2, 0.25) is 0 Å². The van der Waals surface area contributed by atoms with Crippen molar-refractivity contribution in [3.8, 4) is 5.75 Å². The number of hydrogen-bond donors (Lipinski definition) is 1. The molecule has 0 saturated carbocycles. The van der Waals surface area contributed by atoms with Crippen LogP contribution in [0.3, 0.4) is 0 Å². The number of halogens is 1.